The molecule has 0 aliphatic carbocycles. The molecule has 0 aliphatic rings. The molecule has 1 aromatic carbocycles. The van der Waals surface area contributed by atoms with Crippen LogP contribution >= 0.6 is 0 Å². The Morgan fingerprint density at radius 3 is 2.75 bits per heavy atom. The van der Waals surface area contributed by atoms with Crippen LogP contribution in [0.4, 0.5) is 0 Å². The Labute approximate surface area is 118 Å². The van der Waals surface area contributed by atoms with Crippen molar-refractivity contribution < 1.29 is 8.83 Å². The van der Waals surface area contributed by atoms with Crippen molar-refractivity contribution in [3.63, 3.8) is 0 Å². The van der Waals surface area contributed by atoms with Crippen LogP contribution < -0.4 is 5.32 Å². The van der Waals surface area contributed by atoms with Gasteiger partial charge >= 0.3 is 0 Å². The molecular formula is C17H19NO2. The fourth-order valence-electron chi connectivity index (χ4n) is 2.61. The lowest BCUT2D eigenvalue weighted by molar-refractivity contribution is 0.460. The van der Waals surface area contributed by atoms with Crippen molar-refractivity contribution in [2.24, 2.45) is 0 Å². The highest BCUT2D eigenvalue weighted by Gasteiger charge is 2.21. The highest BCUT2D eigenvalue weighted by Crippen LogP contribution is 2.30. The predicted molar refractivity (Wildman–Crippen MR) is 79.8 cm³/mol. The molecule has 1 unspecified atom stereocenters. The van der Waals surface area contributed by atoms with E-state index in [2.05, 4.69) is 31.3 Å². The van der Waals surface area contributed by atoms with Crippen molar-refractivity contribution in [3.05, 3.63) is 59.7 Å². The molecule has 3 rings (SSSR count). The second-order valence-corrected chi connectivity index (χ2v) is 4.83. The molecular weight excluding hydrogens is 250 g/mol. The Balaban J connectivity index is 2.05. The number of hydrogen-bond acceptors (Lipinski definition) is 3. The van der Waals surface area contributed by atoms with E-state index in [4.69, 9.17) is 8.83 Å². The number of furan rings is 2. The van der Waals surface area contributed by atoms with Crippen molar-refractivity contribution in [2.75, 3.05) is 6.54 Å². The summed E-state index contributed by atoms with van der Waals surface area (Å²) in [5.41, 5.74) is 2.08. The minimum absolute atomic E-state index is 0.0427. The molecule has 3 nitrogen and oxygen atoms in total. The number of fused-ring (bicyclic) bond motifs is 1. The van der Waals surface area contributed by atoms with Crippen molar-refractivity contribution in [1.29, 1.82) is 0 Å². The number of rotatable bonds is 5. The minimum Gasteiger partial charge on any atom is -0.469 e. The Bertz CT molecular complexity index is 663. The summed E-state index contributed by atoms with van der Waals surface area (Å²) in [6, 6.07) is 12.3. The second kappa shape index (κ2) is 5.55. The van der Waals surface area contributed by atoms with Crippen molar-refractivity contribution in [3.8, 4) is 0 Å². The van der Waals surface area contributed by atoms with Gasteiger partial charge in [-0.1, -0.05) is 32.0 Å². The van der Waals surface area contributed by atoms with E-state index in [1.807, 2.05) is 24.3 Å². The van der Waals surface area contributed by atoms with E-state index in [0.717, 1.165) is 41.0 Å². The standard InChI is InChI=1S/C17H19NO2/c1-3-14-13(9-10-19-14)17(18-4-2)16-11-12-7-5-6-8-15(12)20-16/h5-11,17-18H,3-4H2,1-2H3. The van der Waals surface area contributed by atoms with Crippen LogP contribution in [0.25, 0.3) is 11.0 Å². The highest BCUT2D eigenvalue weighted by molar-refractivity contribution is 5.78. The number of hydrogen-bond donors (Lipinski definition) is 1. The highest BCUT2D eigenvalue weighted by atomic mass is 16.3. The van der Waals surface area contributed by atoms with Gasteiger partial charge in [0.2, 0.25) is 0 Å². The third kappa shape index (κ3) is 2.25. The van der Waals surface area contributed by atoms with Crippen LogP contribution in [0.5, 0.6) is 0 Å². The largest absolute Gasteiger partial charge is 0.469 e. The fourth-order valence-corrected chi connectivity index (χ4v) is 2.61. The van der Waals surface area contributed by atoms with Gasteiger partial charge in [-0.3, -0.25) is 0 Å². The van der Waals surface area contributed by atoms with Gasteiger partial charge in [0.05, 0.1) is 12.3 Å². The minimum atomic E-state index is 0.0427. The van der Waals surface area contributed by atoms with Crippen molar-refractivity contribution in [1.82, 2.24) is 5.32 Å². The molecule has 0 amide bonds. The maximum atomic E-state index is 6.00. The van der Waals surface area contributed by atoms with Gasteiger partial charge in [-0.05, 0) is 24.7 Å². The van der Waals surface area contributed by atoms with E-state index in [9.17, 15) is 0 Å². The predicted octanol–water partition coefficient (Wildman–Crippen LogP) is 4.29. The molecule has 0 bridgehead atoms. The van der Waals surface area contributed by atoms with Gasteiger partial charge in [0, 0.05) is 17.4 Å². The van der Waals surface area contributed by atoms with Crippen LogP contribution in [0.15, 0.2) is 51.5 Å². The summed E-state index contributed by atoms with van der Waals surface area (Å²) in [5.74, 6) is 1.94. The van der Waals surface area contributed by atoms with Crippen molar-refractivity contribution in [2.45, 2.75) is 26.3 Å². The molecule has 3 heteroatoms. The van der Waals surface area contributed by atoms with Gasteiger partial charge in [0.25, 0.3) is 0 Å². The molecule has 3 aromatic rings. The molecule has 0 saturated heterocycles. The molecule has 20 heavy (non-hydrogen) atoms. The van der Waals surface area contributed by atoms with Crippen LogP contribution in [0.2, 0.25) is 0 Å². The van der Waals surface area contributed by atoms with E-state index in [-0.39, 0.29) is 6.04 Å². The summed E-state index contributed by atoms with van der Waals surface area (Å²) in [7, 11) is 0. The Morgan fingerprint density at radius 2 is 2.00 bits per heavy atom. The Hall–Kier alpha value is -2.00. The fraction of sp³-hybridized carbons (Fsp3) is 0.294. The van der Waals surface area contributed by atoms with E-state index in [0.29, 0.717) is 0 Å². The first kappa shape index (κ1) is 13.0. The van der Waals surface area contributed by atoms with Gasteiger partial charge < -0.3 is 14.2 Å². The first-order chi connectivity index (χ1) is 9.83. The molecule has 0 radical (unpaired) electrons. The zero-order chi connectivity index (χ0) is 13.9. The molecule has 2 aromatic heterocycles. The lowest BCUT2D eigenvalue weighted by atomic mass is 10.0. The SMILES string of the molecule is CCNC(c1cc2ccccc2o1)c1ccoc1CC. The van der Waals surface area contributed by atoms with Crippen LogP contribution in [-0.4, -0.2) is 6.54 Å². The lowest BCUT2D eigenvalue weighted by Gasteiger charge is -2.15. The maximum absolute atomic E-state index is 6.00. The summed E-state index contributed by atoms with van der Waals surface area (Å²) >= 11 is 0. The molecule has 1 atom stereocenters. The molecule has 0 saturated carbocycles. The summed E-state index contributed by atoms with van der Waals surface area (Å²) in [6.07, 6.45) is 2.63. The second-order valence-electron chi connectivity index (χ2n) is 4.83. The van der Waals surface area contributed by atoms with Crippen molar-refractivity contribution >= 4 is 11.0 Å². The summed E-state index contributed by atoms with van der Waals surface area (Å²) < 4.78 is 11.6. The smallest absolute Gasteiger partial charge is 0.134 e. The first-order valence-corrected chi connectivity index (χ1v) is 7.11. The third-order valence-corrected chi connectivity index (χ3v) is 3.55. The lowest BCUT2D eigenvalue weighted by Crippen LogP contribution is -2.22. The summed E-state index contributed by atoms with van der Waals surface area (Å²) in [4.78, 5) is 0. The third-order valence-electron chi connectivity index (χ3n) is 3.55. The average Bonchev–Trinajstić information content (AvgIpc) is 3.10. The molecule has 1 N–H and O–H groups in total. The Kier molecular flexibility index (Phi) is 3.61. The van der Waals surface area contributed by atoms with E-state index >= 15 is 0 Å². The number of aryl methyl sites for hydroxylation is 1. The summed E-state index contributed by atoms with van der Waals surface area (Å²) in [5, 5.41) is 4.61. The monoisotopic (exact) mass is 269 g/mol. The van der Waals surface area contributed by atoms with Gasteiger partial charge in [0.1, 0.15) is 17.1 Å². The topological polar surface area (TPSA) is 38.3 Å². The summed E-state index contributed by atoms with van der Waals surface area (Å²) in [6.45, 7) is 5.07. The van der Waals surface area contributed by atoms with Crippen LogP contribution in [0, 0.1) is 0 Å². The van der Waals surface area contributed by atoms with E-state index < -0.39 is 0 Å². The first-order valence-electron chi connectivity index (χ1n) is 7.11. The van der Waals surface area contributed by atoms with Gasteiger partial charge in [-0.15, -0.1) is 0 Å². The quantitative estimate of drug-likeness (QED) is 0.751. The van der Waals surface area contributed by atoms with E-state index in [1.54, 1.807) is 6.26 Å². The molecule has 0 spiro atoms. The molecule has 2 heterocycles. The van der Waals surface area contributed by atoms with Gasteiger partial charge in [-0.2, -0.15) is 0 Å². The number of nitrogens with one attached hydrogen (secondary N) is 1. The van der Waals surface area contributed by atoms with Gasteiger partial charge in [-0.25, -0.2) is 0 Å². The normalized spacial score (nSPS) is 12.9. The Morgan fingerprint density at radius 1 is 1.15 bits per heavy atom. The molecule has 0 aliphatic heterocycles. The number of para-hydroxylation sites is 1. The van der Waals surface area contributed by atoms with Gasteiger partial charge in [0.15, 0.2) is 0 Å². The van der Waals surface area contributed by atoms with Crippen LogP contribution in [0.3, 0.4) is 0 Å². The molecule has 104 valence electrons. The molecule has 0 fully saturated rings. The number of benzene rings is 1. The van der Waals surface area contributed by atoms with Crippen LogP contribution in [-0.2, 0) is 6.42 Å². The van der Waals surface area contributed by atoms with Crippen LogP contribution in [0.1, 0.15) is 37.0 Å². The average molecular weight is 269 g/mol. The van der Waals surface area contributed by atoms with E-state index in [1.165, 1.54) is 0 Å². The maximum Gasteiger partial charge on any atom is 0.134 e. The zero-order valence-corrected chi connectivity index (χ0v) is 11.8. The zero-order valence-electron chi connectivity index (χ0n) is 11.8.